The smallest absolute Gasteiger partial charge is 0.113 e. The number of rotatable bonds is 3. The number of hydrogen-bond donors (Lipinski definition) is 2. The van der Waals surface area contributed by atoms with Crippen molar-refractivity contribution in [2.45, 2.75) is 25.4 Å². The highest BCUT2D eigenvalue weighted by molar-refractivity contribution is 5.49. The van der Waals surface area contributed by atoms with Crippen LogP contribution < -0.4 is 5.73 Å². The van der Waals surface area contributed by atoms with Crippen LogP contribution in [0.5, 0.6) is 0 Å². The molecule has 0 amide bonds. The molecule has 1 aliphatic rings. The number of fused-ring (bicyclic) bond motifs is 1. The second kappa shape index (κ2) is 3.83. The number of nitrogen functional groups attached to an aromatic ring is 1. The van der Waals surface area contributed by atoms with E-state index in [2.05, 4.69) is 0 Å². The van der Waals surface area contributed by atoms with Gasteiger partial charge in [-0.3, -0.25) is 0 Å². The van der Waals surface area contributed by atoms with Gasteiger partial charge in [-0.15, -0.1) is 0 Å². The average molecular weight is 207 g/mol. The molecule has 0 aromatic heterocycles. The highest BCUT2D eigenvalue weighted by Crippen LogP contribution is 2.37. The molecule has 0 saturated carbocycles. The van der Waals surface area contributed by atoms with Crippen LogP contribution >= 0.6 is 0 Å². The summed E-state index contributed by atoms with van der Waals surface area (Å²) in [5, 5.41) is 10.4. The number of aliphatic hydroxyl groups is 1. The molecule has 2 rings (SSSR count). The molecular formula is C12H17NO2. The summed E-state index contributed by atoms with van der Waals surface area (Å²) in [4.78, 5) is 0. The summed E-state index contributed by atoms with van der Waals surface area (Å²) >= 11 is 0. The number of aryl methyl sites for hydroxylation is 1. The van der Waals surface area contributed by atoms with Crippen LogP contribution in [0.2, 0.25) is 0 Å². The van der Waals surface area contributed by atoms with E-state index in [4.69, 9.17) is 10.5 Å². The van der Waals surface area contributed by atoms with Gasteiger partial charge in [-0.05, 0) is 43.0 Å². The summed E-state index contributed by atoms with van der Waals surface area (Å²) in [5.41, 5.74) is 7.79. The minimum absolute atomic E-state index is 0.375. The Morgan fingerprint density at radius 1 is 1.53 bits per heavy atom. The molecule has 0 bridgehead atoms. The van der Waals surface area contributed by atoms with Gasteiger partial charge in [0.05, 0.1) is 6.61 Å². The fourth-order valence-corrected chi connectivity index (χ4v) is 2.17. The highest BCUT2D eigenvalue weighted by Gasteiger charge is 2.36. The summed E-state index contributed by atoms with van der Waals surface area (Å²) in [6.07, 6.45) is 1.61. The first-order valence-electron chi connectivity index (χ1n) is 5.35. The monoisotopic (exact) mass is 207 g/mol. The third-order valence-corrected chi connectivity index (χ3v) is 2.98. The molecule has 1 atom stereocenters. The summed E-state index contributed by atoms with van der Waals surface area (Å²) in [6, 6.07) is 5.69. The van der Waals surface area contributed by atoms with Crippen molar-refractivity contribution in [3.05, 3.63) is 29.3 Å². The Hall–Kier alpha value is -1.06. The Morgan fingerprint density at radius 2 is 2.33 bits per heavy atom. The molecule has 15 heavy (non-hydrogen) atoms. The van der Waals surface area contributed by atoms with Gasteiger partial charge in [0.25, 0.3) is 0 Å². The van der Waals surface area contributed by atoms with Gasteiger partial charge in [-0.1, -0.05) is 6.07 Å². The second-order valence-corrected chi connectivity index (χ2v) is 4.09. The lowest BCUT2D eigenvalue weighted by Crippen LogP contribution is -2.28. The van der Waals surface area contributed by atoms with Crippen molar-refractivity contribution in [3.8, 4) is 0 Å². The number of anilines is 1. The van der Waals surface area contributed by atoms with Gasteiger partial charge >= 0.3 is 0 Å². The molecule has 3 heteroatoms. The first-order valence-corrected chi connectivity index (χ1v) is 5.35. The summed E-state index contributed by atoms with van der Waals surface area (Å²) in [6.45, 7) is 2.94. The van der Waals surface area contributed by atoms with Gasteiger partial charge in [0.15, 0.2) is 0 Å². The van der Waals surface area contributed by atoms with Gasteiger partial charge in [0.2, 0.25) is 0 Å². The third kappa shape index (κ3) is 1.85. The average Bonchev–Trinajstić information content (AvgIpc) is 2.54. The van der Waals surface area contributed by atoms with E-state index in [1.54, 1.807) is 0 Å². The van der Waals surface area contributed by atoms with Crippen LogP contribution in [0, 0.1) is 0 Å². The summed E-state index contributed by atoms with van der Waals surface area (Å²) < 4.78 is 5.33. The third-order valence-electron chi connectivity index (χ3n) is 2.98. The van der Waals surface area contributed by atoms with E-state index in [1.165, 1.54) is 0 Å². The van der Waals surface area contributed by atoms with Crippen LogP contribution in [0.1, 0.15) is 24.5 Å². The predicted molar refractivity (Wildman–Crippen MR) is 59.6 cm³/mol. The molecule has 1 aromatic carbocycles. The fourth-order valence-electron chi connectivity index (χ4n) is 2.17. The highest BCUT2D eigenvalue weighted by atomic mass is 16.5. The Morgan fingerprint density at radius 3 is 3.07 bits per heavy atom. The normalized spacial score (nSPS) is 24.1. The molecule has 0 saturated heterocycles. The minimum Gasteiger partial charge on any atom is -0.399 e. The molecule has 1 aliphatic carbocycles. The second-order valence-electron chi connectivity index (χ2n) is 4.09. The van der Waals surface area contributed by atoms with E-state index >= 15 is 0 Å². The molecule has 82 valence electrons. The molecule has 0 heterocycles. The topological polar surface area (TPSA) is 55.5 Å². The van der Waals surface area contributed by atoms with E-state index in [1.807, 2.05) is 25.1 Å². The van der Waals surface area contributed by atoms with Crippen LogP contribution in [0.25, 0.3) is 0 Å². The lowest BCUT2D eigenvalue weighted by Gasteiger charge is -2.23. The van der Waals surface area contributed by atoms with E-state index in [9.17, 15) is 5.11 Å². The lowest BCUT2D eigenvalue weighted by molar-refractivity contribution is -0.0464. The largest absolute Gasteiger partial charge is 0.399 e. The van der Waals surface area contributed by atoms with Gasteiger partial charge < -0.3 is 15.6 Å². The van der Waals surface area contributed by atoms with Crippen molar-refractivity contribution in [3.63, 3.8) is 0 Å². The van der Waals surface area contributed by atoms with Crippen LogP contribution in [0.4, 0.5) is 5.69 Å². The van der Waals surface area contributed by atoms with Gasteiger partial charge in [0.1, 0.15) is 5.60 Å². The molecular weight excluding hydrogens is 190 g/mol. The fraction of sp³-hybridized carbons (Fsp3) is 0.500. The predicted octanol–water partition coefficient (Wildman–Crippen LogP) is 1.44. The zero-order valence-corrected chi connectivity index (χ0v) is 8.99. The standard InChI is InChI=1S/C12H17NO2/c1-2-15-8-12(14)6-5-9-7-10(13)3-4-11(9)12/h3-4,7,14H,2,5-6,8,13H2,1H3. The van der Waals surface area contributed by atoms with Crippen molar-refractivity contribution in [2.75, 3.05) is 18.9 Å². The van der Waals surface area contributed by atoms with E-state index in [0.29, 0.717) is 13.2 Å². The number of nitrogens with two attached hydrogens (primary N) is 1. The van der Waals surface area contributed by atoms with Crippen molar-refractivity contribution >= 4 is 5.69 Å². The van der Waals surface area contributed by atoms with Crippen LogP contribution in [0.3, 0.4) is 0 Å². The molecule has 0 spiro atoms. The first kappa shape index (κ1) is 10.5. The van der Waals surface area contributed by atoms with Crippen LogP contribution in [-0.2, 0) is 16.8 Å². The Bertz CT molecular complexity index is 365. The van der Waals surface area contributed by atoms with E-state index in [-0.39, 0.29) is 0 Å². The molecule has 1 aromatic rings. The maximum absolute atomic E-state index is 10.4. The van der Waals surface area contributed by atoms with Crippen LogP contribution in [-0.4, -0.2) is 18.3 Å². The Labute approximate surface area is 89.9 Å². The zero-order valence-electron chi connectivity index (χ0n) is 8.99. The minimum atomic E-state index is -0.807. The van der Waals surface area contributed by atoms with Gasteiger partial charge in [-0.2, -0.15) is 0 Å². The summed E-state index contributed by atoms with van der Waals surface area (Å²) in [5.74, 6) is 0. The molecule has 3 N–H and O–H groups in total. The van der Waals surface area contributed by atoms with Crippen molar-refractivity contribution < 1.29 is 9.84 Å². The zero-order chi connectivity index (χ0) is 10.9. The van der Waals surface area contributed by atoms with Crippen LogP contribution in [0.15, 0.2) is 18.2 Å². The van der Waals surface area contributed by atoms with Crippen molar-refractivity contribution in [1.29, 1.82) is 0 Å². The SMILES string of the molecule is CCOCC1(O)CCc2cc(N)ccc21. The number of hydrogen-bond acceptors (Lipinski definition) is 3. The first-order chi connectivity index (χ1) is 7.15. The Kier molecular flexibility index (Phi) is 2.67. The maximum atomic E-state index is 10.4. The van der Waals surface area contributed by atoms with Gasteiger partial charge in [0, 0.05) is 12.3 Å². The van der Waals surface area contributed by atoms with E-state index in [0.717, 1.165) is 29.7 Å². The van der Waals surface area contributed by atoms with E-state index < -0.39 is 5.60 Å². The lowest BCUT2D eigenvalue weighted by atomic mass is 9.97. The number of ether oxygens (including phenoxy) is 1. The molecule has 0 aliphatic heterocycles. The summed E-state index contributed by atoms with van der Waals surface area (Å²) in [7, 11) is 0. The molecule has 0 fully saturated rings. The van der Waals surface area contributed by atoms with Crippen molar-refractivity contribution in [2.24, 2.45) is 0 Å². The quantitative estimate of drug-likeness (QED) is 0.737. The molecule has 0 radical (unpaired) electrons. The van der Waals surface area contributed by atoms with Gasteiger partial charge in [-0.25, -0.2) is 0 Å². The molecule has 3 nitrogen and oxygen atoms in total. The Balaban J connectivity index is 2.27. The molecule has 1 unspecified atom stereocenters. The van der Waals surface area contributed by atoms with Crippen molar-refractivity contribution in [1.82, 2.24) is 0 Å². The maximum Gasteiger partial charge on any atom is 0.113 e. The number of benzene rings is 1.